The summed E-state index contributed by atoms with van der Waals surface area (Å²) in [5.41, 5.74) is 8.36. The average molecular weight is 379 g/mol. The number of rotatable bonds is 8. The highest BCUT2D eigenvalue weighted by molar-refractivity contribution is 8.00. The lowest BCUT2D eigenvalue weighted by Gasteiger charge is -2.22. The van der Waals surface area contributed by atoms with Crippen LogP contribution >= 0.6 is 11.8 Å². The van der Waals surface area contributed by atoms with Crippen molar-refractivity contribution >= 4 is 11.8 Å². The molecule has 2 rings (SSSR count). The third-order valence-electron chi connectivity index (χ3n) is 4.64. The van der Waals surface area contributed by atoms with E-state index in [1.807, 2.05) is 11.8 Å². The van der Waals surface area contributed by atoms with E-state index in [2.05, 4.69) is 102 Å². The van der Waals surface area contributed by atoms with Gasteiger partial charge in [0, 0.05) is 10.5 Å². The Labute approximate surface area is 170 Å². The van der Waals surface area contributed by atoms with Crippen LogP contribution in [0.5, 0.6) is 0 Å². The Kier molecular flexibility index (Phi) is 8.44. The molecule has 0 bridgehead atoms. The SMILES string of the molecule is CCc1cccc(C(C=C(C)C)SC(C=C(C)C)c2cccc(CC)c2)c1. The van der Waals surface area contributed by atoms with Crippen molar-refractivity contribution in [3.05, 3.63) is 94.1 Å². The number of hydrogen-bond acceptors (Lipinski definition) is 1. The normalized spacial score (nSPS) is 13.0. The third-order valence-corrected chi connectivity index (χ3v) is 6.04. The maximum absolute atomic E-state index is 2.41. The number of hydrogen-bond donors (Lipinski definition) is 0. The molecule has 0 aromatic heterocycles. The molecular weight excluding hydrogens is 344 g/mol. The van der Waals surface area contributed by atoms with Gasteiger partial charge in [0.1, 0.15) is 0 Å². The molecule has 0 heterocycles. The molecule has 0 saturated heterocycles. The molecule has 2 unspecified atom stereocenters. The van der Waals surface area contributed by atoms with Crippen molar-refractivity contribution in [1.82, 2.24) is 0 Å². The maximum Gasteiger partial charge on any atom is 0.0489 e. The Balaban J connectivity index is 2.43. The second kappa shape index (κ2) is 10.6. The predicted molar refractivity (Wildman–Crippen MR) is 124 cm³/mol. The summed E-state index contributed by atoms with van der Waals surface area (Å²) in [4.78, 5) is 0. The highest BCUT2D eigenvalue weighted by atomic mass is 32.2. The van der Waals surface area contributed by atoms with Gasteiger partial charge in [-0.1, -0.05) is 85.7 Å². The molecule has 0 saturated carbocycles. The summed E-state index contributed by atoms with van der Waals surface area (Å²) in [5.74, 6) is 0. The summed E-state index contributed by atoms with van der Waals surface area (Å²) in [5, 5.41) is 0.708. The third kappa shape index (κ3) is 6.74. The Morgan fingerprint density at radius 1 is 0.741 bits per heavy atom. The number of benzene rings is 2. The molecule has 144 valence electrons. The molecule has 0 fully saturated rings. The second-order valence-corrected chi connectivity index (χ2v) is 8.95. The van der Waals surface area contributed by atoms with Crippen molar-refractivity contribution in [3.8, 4) is 0 Å². The van der Waals surface area contributed by atoms with Gasteiger partial charge in [-0.05, 0) is 62.8 Å². The van der Waals surface area contributed by atoms with Crippen molar-refractivity contribution in [2.45, 2.75) is 64.9 Å². The smallest absolute Gasteiger partial charge is 0.0489 e. The van der Waals surface area contributed by atoms with Crippen molar-refractivity contribution in [3.63, 3.8) is 0 Å². The van der Waals surface area contributed by atoms with Crippen LogP contribution in [-0.4, -0.2) is 0 Å². The average Bonchev–Trinajstić information content (AvgIpc) is 2.66. The van der Waals surface area contributed by atoms with Crippen LogP contribution in [-0.2, 0) is 12.8 Å². The molecule has 0 amide bonds. The van der Waals surface area contributed by atoms with Gasteiger partial charge in [-0.15, -0.1) is 11.8 Å². The molecule has 2 atom stereocenters. The highest BCUT2D eigenvalue weighted by Gasteiger charge is 2.18. The summed E-state index contributed by atoms with van der Waals surface area (Å²) in [7, 11) is 0. The van der Waals surface area contributed by atoms with Crippen molar-refractivity contribution in [2.24, 2.45) is 0 Å². The van der Waals surface area contributed by atoms with Crippen LogP contribution in [0.15, 0.2) is 71.8 Å². The molecule has 27 heavy (non-hydrogen) atoms. The molecule has 0 N–H and O–H groups in total. The predicted octanol–water partition coefficient (Wildman–Crippen LogP) is 8.26. The molecule has 0 radical (unpaired) electrons. The second-order valence-electron chi connectivity index (χ2n) is 7.66. The van der Waals surface area contributed by atoms with E-state index in [0.717, 1.165) is 12.8 Å². The van der Waals surface area contributed by atoms with Crippen LogP contribution in [0, 0.1) is 0 Å². The van der Waals surface area contributed by atoms with Gasteiger partial charge in [0.05, 0.1) is 0 Å². The highest BCUT2D eigenvalue weighted by Crippen LogP contribution is 2.43. The van der Waals surface area contributed by atoms with Crippen molar-refractivity contribution in [1.29, 1.82) is 0 Å². The van der Waals surface area contributed by atoms with E-state index in [1.54, 1.807) is 0 Å². The van der Waals surface area contributed by atoms with E-state index in [0.29, 0.717) is 10.5 Å². The minimum absolute atomic E-state index is 0.354. The van der Waals surface area contributed by atoms with E-state index in [-0.39, 0.29) is 0 Å². The van der Waals surface area contributed by atoms with Crippen LogP contribution in [0.2, 0.25) is 0 Å². The fourth-order valence-corrected chi connectivity index (χ4v) is 4.80. The van der Waals surface area contributed by atoms with Crippen LogP contribution in [0.1, 0.15) is 74.3 Å². The minimum atomic E-state index is 0.354. The van der Waals surface area contributed by atoms with E-state index in [9.17, 15) is 0 Å². The zero-order chi connectivity index (χ0) is 19.8. The first-order chi connectivity index (χ1) is 12.9. The van der Waals surface area contributed by atoms with Gasteiger partial charge >= 0.3 is 0 Å². The van der Waals surface area contributed by atoms with E-state index < -0.39 is 0 Å². The number of allylic oxidation sites excluding steroid dienone is 2. The first-order valence-electron chi connectivity index (χ1n) is 10.1. The number of thioether (sulfide) groups is 1. The van der Waals surface area contributed by atoms with Crippen LogP contribution < -0.4 is 0 Å². The first kappa shape index (κ1) is 21.6. The molecule has 2 aromatic rings. The molecule has 0 aliphatic rings. The topological polar surface area (TPSA) is 0 Å². The molecule has 1 heteroatoms. The van der Waals surface area contributed by atoms with Crippen molar-refractivity contribution < 1.29 is 0 Å². The van der Waals surface area contributed by atoms with Gasteiger partial charge < -0.3 is 0 Å². The quantitative estimate of drug-likeness (QED) is 0.417. The lowest BCUT2D eigenvalue weighted by Crippen LogP contribution is -2.00. The van der Waals surface area contributed by atoms with Gasteiger partial charge in [0.25, 0.3) is 0 Å². The Hall–Kier alpha value is -1.73. The van der Waals surface area contributed by atoms with E-state index >= 15 is 0 Å². The standard InChI is InChI=1S/C26H34S/c1-7-21-11-9-13-23(17-21)25(15-19(3)4)27-26(16-20(5)6)24-14-10-12-22(8-2)18-24/h9-18,25-26H,7-8H2,1-6H3. The molecule has 0 nitrogen and oxygen atoms in total. The fraction of sp³-hybridized carbons (Fsp3) is 0.385. The van der Waals surface area contributed by atoms with Gasteiger partial charge in [0.2, 0.25) is 0 Å². The summed E-state index contributed by atoms with van der Waals surface area (Å²) >= 11 is 2.04. The first-order valence-corrected chi connectivity index (χ1v) is 11.0. The monoisotopic (exact) mass is 378 g/mol. The summed E-state index contributed by atoms with van der Waals surface area (Å²) < 4.78 is 0. The van der Waals surface area contributed by atoms with Crippen LogP contribution in [0.3, 0.4) is 0 Å². The maximum atomic E-state index is 2.41. The summed E-state index contributed by atoms with van der Waals surface area (Å²) in [6.45, 7) is 13.3. The fourth-order valence-electron chi connectivity index (χ4n) is 3.17. The molecule has 0 aliphatic carbocycles. The van der Waals surface area contributed by atoms with Gasteiger partial charge in [-0.2, -0.15) is 0 Å². The molecule has 0 spiro atoms. The zero-order valence-corrected chi connectivity index (χ0v) is 18.6. The lowest BCUT2D eigenvalue weighted by molar-refractivity contribution is 1.08. The molecular formula is C26H34S. The summed E-state index contributed by atoms with van der Waals surface area (Å²) in [6.07, 6.45) is 6.98. The van der Waals surface area contributed by atoms with Gasteiger partial charge in [-0.3, -0.25) is 0 Å². The lowest BCUT2D eigenvalue weighted by atomic mass is 10.0. The minimum Gasteiger partial charge on any atom is -0.137 e. The van der Waals surface area contributed by atoms with Crippen LogP contribution in [0.4, 0.5) is 0 Å². The molecule has 2 aromatic carbocycles. The zero-order valence-electron chi connectivity index (χ0n) is 17.8. The molecule has 0 aliphatic heterocycles. The Morgan fingerprint density at radius 3 is 1.48 bits per heavy atom. The van der Waals surface area contributed by atoms with Gasteiger partial charge in [-0.25, -0.2) is 0 Å². The number of aryl methyl sites for hydroxylation is 2. The largest absolute Gasteiger partial charge is 0.137 e. The van der Waals surface area contributed by atoms with E-state index in [1.165, 1.54) is 33.4 Å². The Morgan fingerprint density at radius 2 is 1.15 bits per heavy atom. The summed E-state index contributed by atoms with van der Waals surface area (Å²) in [6, 6.07) is 18.2. The van der Waals surface area contributed by atoms with Crippen LogP contribution in [0.25, 0.3) is 0 Å². The Bertz CT molecular complexity index is 722. The van der Waals surface area contributed by atoms with E-state index in [4.69, 9.17) is 0 Å². The van der Waals surface area contributed by atoms with Crippen molar-refractivity contribution in [2.75, 3.05) is 0 Å². The van der Waals surface area contributed by atoms with Gasteiger partial charge in [0.15, 0.2) is 0 Å².